The molecule has 27 heavy (non-hydrogen) atoms. The molecule has 7 nitrogen and oxygen atoms in total. The Morgan fingerprint density at radius 1 is 1.37 bits per heavy atom. The summed E-state index contributed by atoms with van der Waals surface area (Å²) in [5.74, 6) is 1.50. The quantitative estimate of drug-likeness (QED) is 0.749. The predicted octanol–water partition coefficient (Wildman–Crippen LogP) is 1.87. The third kappa shape index (κ3) is 4.93. The number of rotatable bonds is 7. The highest BCUT2D eigenvalue weighted by Gasteiger charge is 2.34. The van der Waals surface area contributed by atoms with E-state index in [-0.39, 0.29) is 30.2 Å². The zero-order valence-corrected chi connectivity index (χ0v) is 16.7. The maximum Gasteiger partial charge on any atom is 0.225 e. The molecule has 2 heterocycles. The van der Waals surface area contributed by atoms with Crippen LogP contribution in [0, 0.1) is 5.92 Å². The summed E-state index contributed by atoms with van der Waals surface area (Å²) < 4.78 is 12.7. The van der Waals surface area contributed by atoms with Crippen molar-refractivity contribution in [1.82, 2.24) is 20.4 Å². The maximum absolute atomic E-state index is 12.7. The lowest BCUT2D eigenvalue weighted by Crippen LogP contribution is -2.33. The fraction of sp³-hybridized carbons (Fsp3) is 0.474. The van der Waals surface area contributed by atoms with Gasteiger partial charge in [-0.1, -0.05) is 6.07 Å². The van der Waals surface area contributed by atoms with Gasteiger partial charge in [-0.25, -0.2) is 0 Å². The zero-order valence-electron chi connectivity index (χ0n) is 15.9. The first kappa shape index (κ1) is 21.1. The minimum atomic E-state index is -0.0937. The largest absolute Gasteiger partial charge is 0.493 e. The number of hydrogen-bond acceptors (Lipinski definition) is 5. The highest BCUT2D eigenvalue weighted by Crippen LogP contribution is 2.29. The van der Waals surface area contributed by atoms with Crippen LogP contribution in [-0.2, 0) is 18.4 Å². The number of benzene rings is 1. The van der Waals surface area contributed by atoms with Crippen LogP contribution in [0.4, 0.5) is 0 Å². The third-order valence-electron chi connectivity index (χ3n) is 4.70. The molecule has 0 saturated carbocycles. The van der Waals surface area contributed by atoms with Gasteiger partial charge in [0.15, 0.2) is 11.5 Å². The molecule has 1 aliphatic rings. The molecule has 1 fully saturated rings. The predicted molar refractivity (Wildman–Crippen MR) is 106 cm³/mol. The number of hydrogen-bond donors (Lipinski definition) is 2. The van der Waals surface area contributed by atoms with Crippen molar-refractivity contribution in [2.75, 3.05) is 26.8 Å². The second-order valence-electron chi connectivity index (χ2n) is 6.45. The van der Waals surface area contributed by atoms with E-state index in [1.807, 2.05) is 44.6 Å². The summed E-state index contributed by atoms with van der Waals surface area (Å²) in [5, 5.41) is 10.6. The van der Waals surface area contributed by atoms with Gasteiger partial charge in [0.1, 0.15) is 0 Å². The topological polar surface area (TPSA) is 77.4 Å². The molecule has 2 N–H and O–H groups in total. The fourth-order valence-electron chi connectivity index (χ4n) is 3.35. The third-order valence-corrected chi connectivity index (χ3v) is 4.70. The molecule has 1 saturated heterocycles. The van der Waals surface area contributed by atoms with E-state index in [9.17, 15) is 4.79 Å². The Balaban J connectivity index is 0.00000261. The molecule has 3 rings (SSSR count). The van der Waals surface area contributed by atoms with Crippen molar-refractivity contribution in [3.8, 4) is 11.5 Å². The van der Waals surface area contributed by atoms with Gasteiger partial charge < -0.3 is 20.1 Å². The Hall–Kier alpha value is -2.25. The molecule has 1 amide bonds. The molecule has 0 bridgehead atoms. The van der Waals surface area contributed by atoms with Crippen molar-refractivity contribution >= 4 is 18.3 Å². The van der Waals surface area contributed by atoms with Gasteiger partial charge in [0.05, 0.1) is 25.8 Å². The van der Waals surface area contributed by atoms with E-state index < -0.39 is 0 Å². The Labute approximate surface area is 165 Å². The van der Waals surface area contributed by atoms with Gasteiger partial charge in [-0.3, -0.25) is 9.48 Å². The van der Waals surface area contributed by atoms with Gasteiger partial charge in [-0.05, 0) is 30.2 Å². The highest BCUT2D eigenvalue weighted by molar-refractivity contribution is 5.85. The second-order valence-corrected chi connectivity index (χ2v) is 6.45. The standard InChI is InChI=1S/C19H26N4O3.ClH/c1-4-26-17-6-5-13(7-18(17)25-3)8-21-19(24)16-11-20-10-15(16)14-9-22-23(2)12-14;/h5-7,9,12,15-16,20H,4,8,10-11H2,1-3H3,(H,21,24);1H/t15-,16+;/m1./s1. The number of aromatic nitrogens is 2. The number of aryl methyl sites for hydroxylation is 1. The molecular formula is C19H27ClN4O3. The van der Waals surface area contributed by atoms with Crippen molar-refractivity contribution in [3.05, 3.63) is 41.7 Å². The molecular weight excluding hydrogens is 368 g/mol. The number of ether oxygens (including phenoxy) is 2. The molecule has 1 aromatic carbocycles. The minimum absolute atomic E-state index is 0. The summed E-state index contributed by atoms with van der Waals surface area (Å²) >= 11 is 0. The molecule has 0 radical (unpaired) electrons. The molecule has 0 aliphatic carbocycles. The molecule has 148 valence electrons. The van der Waals surface area contributed by atoms with E-state index in [0.717, 1.165) is 17.7 Å². The van der Waals surface area contributed by atoms with Crippen LogP contribution < -0.4 is 20.1 Å². The van der Waals surface area contributed by atoms with Gasteiger partial charge in [-0.15, -0.1) is 12.4 Å². The molecule has 2 aromatic rings. The fourth-order valence-corrected chi connectivity index (χ4v) is 3.35. The Morgan fingerprint density at radius 2 is 2.19 bits per heavy atom. The SMILES string of the molecule is CCOc1ccc(CNC(=O)[C@H]2CNC[C@@H]2c2cnn(C)c2)cc1OC.Cl. The van der Waals surface area contributed by atoms with Gasteiger partial charge in [-0.2, -0.15) is 5.10 Å². The summed E-state index contributed by atoms with van der Waals surface area (Å²) in [5.41, 5.74) is 2.07. The lowest BCUT2D eigenvalue weighted by molar-refractivity contribution is -0.125. The molecule has 0 unspecified atom stereocenters. The van der Waals surface area contributed by atoms with Gasteiger partial charge >= 0.3 is 0 Å². The Morgan fingerprint density at radius 3 is 2.85 bits per heavy atom. The summed E-state index contributed by atoms with van der Waals surface area (Å²) in [6, 6.07) is 5.72. The zero-order chi connectivity index (χ0) is 18.5. The van der Waals surface area contributed by atoms with Crippen LogP contribution >= 0.6 is 12.4 Å². The van der Waals surface area contributed by atoms with E-state index in [4.69, 9.17) is 9.47 Å². The van der Waals surface area contributed by atoms with Crippen molar-refractivity contribution in [2.24, 2.45) is 13.0 Å². The van der Waals surface area contributed by atoms with Crippen LogP contribution in [0.3, 0.4) is 0 Å². The number of carbonyl (C=O) groups is 1. The Bertz CT molecular complexity index is 765. The van der Waals surface area contributed by atoms with Crippen LogP contribution in [0.15, 0.2) is 30.6 Å². The highest BCUT2D eigenvalue weighted by atomic mass is 35.5. The first-order valence-corrected chi connectivity index (χ1v) is 8.89. The second kappa shape index (κ2) is 9.62. The molecule has 2 atom stereocenters. The number of nitrogens with zero attached hydrogens (tertiary/aromatic N) is 2. The first-order valence-electron chi connectivity index (χ1n) is 8.89. The Kier molecular flexibility index (Phi) is 7.50. The van der Waals surface area contributed by atoms with E-state index in [2.05, 4.69) is 15.7 Å². The van der Waals surface area contributed by atoms with E-state index >= 15 is 0 Å². The smallest absolute Gasteiger partial charge is 0.225 e. The lowest BCUT2D eigenvalue weighted by atomic mass is 9.90. The average molecular weight is 395 g/mol. The summed E-state index contributed by atoms with van der Waals surface area (Å²) in [6.45, 7) is 4.44. The first-order chi connectivity index (χ1) is 12.6. The molecule has 0 spiro atoms. The van der Waals surface area contributed by atoms with Gasteiger partial charge in [0.25, 0.3) is 0 Å². The maximum atomic E-state index is 12.7. The summed E-state index contributed by atoms with van der Waals surface area (Å²) in [7, 11) is 3.50. The van der Waals surface area contributed by atoms with E-state index in [1.54, 1.807) is 11.8 Å². The number of amides is 1. The van der Waals surface area contributed by atoms with Crippen molar-refractivity contribution in [3.63, 3.8) is 0 Å². The van der Waals surface area contributed by atoms with Crippen LogP contribution in [0.5, 0.6) is 11.5 Å². The van der Waals surface area contributed by atoms with Crippen molar-refractivity contribution in [1.29, 1.82) is 0 Å². The summed E-state index contributed by atoms with van der Waals surface area (Å²) in [6.07, 6.45) is 3.82. The normalized spacial score (nSPS) is 18.6. The minimum Gasteiger partial charge on any atom is -0.493 e. The number of nitrogens with one attached hydrogen (secondary N) is 2. The molecule has 8 heteroatoms. The van der Waals surface area contributed by atoms with Gasteiger partial charge in [0, 0.05) is 38.8 Å². The number of carbonyl (C=O) groups excluding carboxylic acids is 1. The van der Waals surface area contributed by atoms with Crippen molar-refractivity contribution in [2.45, 2.75) is 19.4 Å². The number of methoxy groups -OCH3 is 1. The summed E-state index contributed by atoms with van der Waals surface area (Å²) in [4.78, 5) is 12.7. The van der Waals surface area contributed by atoms with Crippen LogP contribution in [0.2, 0.25) is 0 Å². The van der Waals surface area contributed by atoms with Crippen molar-refractivity contribution < 1.29 is 14.3 Å². The lowest BCUT2D eigenvalue weighted by Gasteiger charge is -2.17. The molecule has 1 aromatic heterocycles. The molecule has 1 aliphatic heterocycles. The number of halogens is 1. The average Bonchev–Trinajstić information content (AvgIpc) is 3.29. The van der Waals surface area contributed by atoms with Gasteiger partial charge in [0.2, 0.25) is 5.91 Å². The van der Waals surface area contributed by atoms with Crippen LogP contribution in [0.25, 0.3) is 0 Å². The van der Waals surface area contributed by atoms with Crippen LogP contribution in [0.1, 0.15) is 24.0 Å². The van der Waals surface area contributed by atoms with E-state index in [0.29, 0.717) is 31.2 Å². The van der Waals surface area contributed by atoms with Crippen LogP contribution in [-0.4, -0.2) is 42.5 Å². The van der Waals surface area contributed by atoms with E-state index in [1.165, 1.54) is 0 Å². The monoisotopic (exact) mass is 394 g/mol.